The second-order valence-electron chi connectivity index (χ2n) is 7.30. The summed E-state index contributed by atoms with van der Waals surface area (Å²) in [4.78, 5) is 2.28. The summed E-state index contributed by atoms with van der Waals surface area (Å²) in [7, 11) is 4.46. The minimum atomic E-state index is -0.108. The van der Waals surface area contributed by atoms with Gasteiger partial charge < -0.3 is 27.0 Å². The molecule has 0 aliphatic heterocycles. The zero-order valence-electron chi connectivity index (χ0n) is 15.8. The molecular formula is C19H41Br2NO. The summed E-state index contributed by atoms with van der Waals surface area (Å²) in [6.07, 6.45) is 17.2. The summed E-state index contributed by atoms with van der Waals surface area (Å²) in [6.45, 7) is 3.16. The Morgan fingerprint density at radius 2 is 1.13 bits per heavy atom. The first kappa shape index (κ1) is 26.1. The molecule has 0 radical (unpaired) electrons. The highest BCUT2D eigenvalue weighted by Crippen LogP contribution is 2.16. The Labute approximate surface area is 164 Å². The zero-order valence-corrected chi connectivity index (χ0v) is 18.9. The second kappa shape index (κ2) is 19.2. The molecule has 23 heavy (non-hydrogen) atoms. The maximum Gasteiger partial charge on any atom is 0.0777 e. The first-order valence-electron chi connectivity index (χ1n) is 9.63. The van der Waals surface area contributed by atoms with Crippen LogP contribution in [-0.4, -0.2) is 36.7 Å². The van der Waals surface area contributed by atoms with Crippen molar-refractivity contribution in [3.05, 3.63) is 0 Å². The smallest absolute Gasteiger partial charge is 0.0777 e. The van der Waals surface area contributed by atoms with E-state index in [1.54, 1.807) is 4.90 Å². The predicted molar refractivity (Wildman–Crippen MR) is 102 cm³/mol. The van der Waals surface area contributed by atoms with Crippen LogP contribution in [0.2, 0.25) is 0 Å². The summed E-state index contributed by atoms with van der Waals surface area (Å²) >= 11 is 3.81. The van der Waals surface area contributed by atoms with Crippen molar-refractivity contribution in [3.8, 4) is 0 Å². The molecule has 0 heterocycles. The minimum Gasteiger partial charge on any atom is -1.00 e. The summed E-state index contributed by atoms with van der Waals surface area (Å²) in [6, 6.07) is 0. The third-order valence-electron chi connectivity index (χ3n) is 4.35. The van der Waals surface area contributed by atoms with Gasteiger partial charge in [-0.15, -0.1) is 0 Å². The summed E-state index contributed by atoms with van der Waals surface area (Å²) in [5.74, 6) is 0. The number of quaternary nitrogens is 1. The highest BCUT2D eigenvalue weighted by atomic mass is 79.9. The highest BCUT2D eigenvalue weighted by Gasteiger charge is 2.05. The van der Waals surface area contributed by atoms with Crippen LogP contribution in [0.25, 0.3) is 0 Å². The lowest BCUT2D eigenvalue weighted by Gasteiger charge is -2.11. The van der Waals surface area contributed by atoms with Crippen LogP contribution in [0.4, 0.5) is 0 Å². The van der Waals surface area contributed by atoms with E-state index in [1.165, 1.54) is 83.6 Å². The van der Waals surface area contributed by atoms with Crippen molar-refractivity contribution in [2.75, 3.05) is 20.6 Å². The molecule has 0 aromatic heterocycles. The van der Waals surface area contributed by atoms with Gasteiger partial charge in [0.1, 0.15) is 0 Å². The van der Waals surface area contributed by atoms with Crippen molar-refractivity contribution >= 4 is 15.9 Å². The Morgan fingerprint density at radius 3 is 1.52 bits per heavy atom. The second-order valence-corrected chi connectivity index (χ2v) is 8.60. The Bertz CT molecular complexity index is 225. The Kier molecular flexibility index (Phi) is 21.8. The molecular weight excluding hydrogens is 418 g/mol. The number of rotatable bonds is 16. The van der Waals surface area contributed by atoms with E-state index < -0.39 is 0 Å². The van der Waals surface area contributed by atoms with E-state index in [9.17, 15) is 5.11 Å². The molecule has 2 nitrogen and oxygen atoms in total. The zero-order chi connectivity index (χ0) is 16.6. The molecule has 0 aromatic rings. The maximum absolute atomic E-state index is 9.18. The predicted octanol–water partition coefficient (Wildman–Crippen LogP) is 1.35. The molecule has 0 spiro atoms. The van der Waals surface area contributed by atoms with Crippen molar-refractivity contribution in [2.45, 2.75) is 101 Å². The fourth-order valence-electron chi connectivity index (χ4n) is 2.81. The van der Waals surface area contributed by atoms with Crippen LogP contribution < -0.4 is 21.9 Å². The van der Waals surface area contributed by atoms with Gasteiger partial charge in [-0.25, -0.2) is 0 Å². The topological polar surface area (TPSA) is 24.7 Å². The van der Waals surface area contributed by atoms with Crippen LogP contribution in [0, 0.1) is 0 Å². The SMILES string of the molecule is CC(O)CCCCCCCCCCCCC(Br)CC[NH+](C)C.[Br-]. The van der Waals surface area contributed by atoms with Gasteiger partial charge in [-0.3, -0.25) is 0 Å². The van der Waals surface area contributed by atoms with Crippen LogP contribution in [0.1, 0.15) is 90.4 Å². The first-order valence-corrected chi connectivity index (χ1v) is 10.5. The maximum atomic E-state index is 9.18. The Balaban J connectivity index is 0. The van der Waals surface area contributed by atoms with Crippen molar-refractivity contribution < 1.29 is 27.0 Å². The molecule has 2 atom stereocenters. The molecule has 0 aromatic carbocycles. The normalized spacial score (nSPS) is 13.8. The van der Waals surface area contributed by atoms with Gasteiger partial charge in [-0.05, 0) is 19.8 Å². The number of unbranched alkanes of at least 4 members (excludes halogenated alkanes) is 9. The molecule has 0 rings (SSSR count). The van der Waals surface area contributed by atoms with Crippen molar-refractivity contribution in [1.82, 2.24) is 0 Å². The molecule has 0 aliphatic rings. The standard InChI is InChI=1S/C19H40BrNO.BrH/c1-18(22)14-12-10-8-6-4-5-7-9-11-13-15-19(20)16-17-21(2)3;/h18-19,22H,4-17H2,1-3H3;1H. The summed E-state index contributed by atoms with van der Waals surface area (Å²) in [5, 5.41) is 9.18. The van der Waals surface area contributed by atoms with Gasteiger partial charge in [0.2, 0.25) is 0 Å². The highest BCUT2D eigenvalue weighted by molar-refractivity contribution is 9.09. The van der Waals surface area contributed by atoms with Gasteiger partial charge in [0.05, 0.1) is 26.7 Å². The van der Waals surface area contributed by atoms with E-state index in [2.05, 4.69) is 30.0 Å². The van der Waals surface area contributed by atoms with Gasteiger partial charge in [0.25, 0.3) is 0 Å². The van der Waals surface area contributed by atoms with Gasteiger partial charge in [0, 0.05) is 11.2 Å². The quantitative estimate of drug-likeness (QED) is 0.265. The third-order valence-corrected chi connectivity index (χ3v) is 5.26. The van der Waals surface area contributed by atoms with Crippen LogP contribution in [0.5, 0.6) is 0 Å². The van der Waals surface area contributed by atoms with E-state index in [-0.39, 0.29) is 23.1 Å². The average Bonchev–Trinajstić information content (AvgIpc) is 2.45. The van der Waals surface area contributed by atoms with Crippen molar-refractivity contribution in [1.29, 1.82) is 0 Å². The lowest BCUT2D eigenvalue weighted by atomic mass is 10.0. The van der Waals surface area contributed by atoms with E-state index in [1.807, 2.05) is 6.92 Å². The molecule has 142 valence electrons. The van der Waals surface area contributed by atoms with E-state index in [0.717, 1.165) is 11.2 Å². The first-order chi connectivity index (χ1) is 10.5. The van der Waals surface area contributed by atoms with E-state index in [0.29, 0.717) is 0 Å². The van der Waals surface area contributed by atoms with E-state index >= 15 is 0 Å². The Morgan fingerprint density at radius 1 is 0.739 bits per heavy atom. The molecule has 0 amide bonds. The van der Waals surface area contributed by atoms with Gasteiger partial charge in [0.15, 0.2) is 0 Å². The molecule has 2 unspecified atom stereocenters. The monoisotopic (exact) mass is 457 g/mol. The fourth-order valence-corrected chi connectivity index (χ4v) is 3.36. The van der Waals surface area contributed by atoms with Crippen molar-refractivity contribution in [2.24, 2.45) is 0 Å². The van der Waals surface area contributed by atoms with Gasteiger partial charge in [-0.2, -0.15) is 0 Å². The van der Waals surface area contributed by atoms with Gasteiger partial charge in [-0.1, -0.05) is 80.1 Å². The third kappa shape index (κ3) is 22.9. The molecule has 0 fully saturated rings. The number of hydrogen-bond donors (Lipinski definition) is 2. The molecule has 0 aliphatic carbocycles. The molecule has 0 bridgehead atoms. The molecule has 4 heteroatoms. The van der Waals surface area contributed by atoms with Crippen LogP contribution in [0.15, 0.2) is 0 Å². The number of nitrogens with one attached hydrogen (secondary N) is 1. The molecule has 0 saturated heterocycles. The van der Waals surface area contributed by atoms with Crippen molar-refractivity contribution in [3.63, 3.8) is 0 Å². The van der Waals surface area contributed by atoms with Crippen LogP contribution >= 0.6 is 15.9 Å². The number of alkyl halides is 1. The summed E-state index contributed by atoms with van der Waals surface area (Å²) in [5.41, 5.74) is 0. The lowest BCUT2D eigenvalue weighted by molar-refractivity contribution is -0.858. The summed E-state index contributed by atoms with van der Waals surface area (Å²) < 4.78 is 0. The van der Waals surface area contributed by atoms with E-state index in [4.69, 9.17) is 0 Å². The number of aliphatic hydroxyl groups excluding tert-OH is 1. The number of halogens is 2. The molecule has 0 saturated carbocycles. The van der Waals surface area contributed by atoms with Crippen LogP contribution in [0.3, 0.4) is 0 Å². The minimum absolute atomic E-state index is 0. The number of hydrogen-bond acceptors (Lipinski definition) is 1. The average molecular weight is 459 g/mol. The van der Waals surface area contributed by atoms with Crippen LogP contribution in [-0.2, 0) is 0 Å². The number of aliphatic hydroxyl groups is 1. The largest absolute Gasteiger partial charge is 1.00 e. The lowest BCUT2D eigenvalue weighted by Crippen LogP contribution is -3.05. The molecule has 2 N–H and O–H groups in total. The Hall–Kier alpha value is 0.880. The fraction of sp³-hybridized carbons (Fsp3) is 1.00. The van der Waals surface area contributed by atoms with Gasteiger partial charge >= 0.3 is 0 Å².